The number of hydrogen-bond donors (Lipinski definition) is 1. The van der Waals surface area contributed by atoms with E-state index in [-0.39, 0.29) is 6.10 Å². The fraction of sp³-hybridized carbons (Fsp3) is 0.688. The molecule has 0 spiro atoms. The highest BCUT2D eigenvalue weighted by Gasteiger charge is 2.32. The van der Waals surface area contributed by atoms with E-state index in [0.29, 0.717) is 5.78 Å². The van der Waals surface area contributed by atoms with Gasteiger partial charge in [0.05, 0.1) is 12.7 Å². The minimum atomic E-state index is 0.228. The summed E-state index contributed by atoms with van der Waals surface area (Å²) in [5.41, 5.74) is 1.06. The van der Waals surface area contributed by atoms with E-state index in [1.807, 2.05) is 0 Å². The van der Waals surface area contributed by atoms with Crippen LogP contribution in [0.2, 0.25) is 0 Å². The van der Waals surface area contributed by atoms with Gasteiger partial charge in [0.2, 0.25) is 0 Å². The summed E-state index contributed by atoms with van der Waals surface area (Å²) in [5.74, 6) is 1.60. The molecule has 7 heteroatoms. The van der Waals surface area contributed by atoms with Crippen LogP contribution in [0, 0.1) is 0 Å². The van der Waals surface area contributed by atoms with Crippen molar-refractivity contribution >= 4 is 11.6 Å². The van der Waals surface area contributed by atoms with Gasteiger partial charge in [0.25, 0.3) is 5.78 Å². The molecule has 0 bridgehead atoms. The predicted octanol–water partition coefficient (Wildman–Crippen LogP) is 1.35. The third-order valence-corrected chi connectivity index (χ3v) is 4.56. The molecule has 0 amide bonds. The summed E-state index contributed by atoms with van der Waals surface area (Å²) in [6.07, 6.45) is 6.50. The third kappa shape index (κ3) is 3.30. The second-order valence-corrected chi connectivity index (χ2v) is 6.45. The molecule has 0 unspecified atom stereocenters. The normalized spacial score (nSPS) is 22.6. The molecule has 1 N–H and O–H groups in total. The third-order valence-electron chi connectivity index (χ3n) is 4.56. The number of aryl methyl sites for hydroxylation is 1. The van der Waals surface area contributed by atoms with Gasteiger partial charge in [-0.15, -0.1) is 0 Å². The molecule has 7 nitrogen and oxygen atoms in total. The van der Waals surface area contributed by atoms with Gasteiger partial charge >= 0.3 is 0 Å². The second-order valence-electron chi connectivity index (χ2n) is 6.45. The molecule has 0 radical (unpaired) electrons. The van der Waals surface area contributed by atoms with Crippen molar-refractivity contribution in [3.05, 3.63) is 18.1 Å². The van der Waals surface area contributed by atoms with Gasteiger partial charge in [-0.05, 0) is 19.3 Å². The van der Waals surface area contributed by atoms with Gasteiger partial charge in [0, 0.05) is 37.4 Å². The SMILES string of the molecule is CCCc1cc(NC[C@H]2CN(C3CC3)CCO2)n2ncnc2n1. The number of rotatable bonds is 6. The molecule has 0 aromatic carbocycles. The molecule has 1 aliphatic heterocycles. The van der Waals surface area contributed by atoms with Crippen LogP contribution in [0.4, 0.5) is 5.82 Å². The van der Waals surface area contributed by atoms with Gasteiger partial charge in [0.1, 0.15) is 12.1 Å². The van der Waals surface area contributed by atoms with Crippen LogP contribution in [0.25, 0.3) is 5.78 Å². The fourth-order valence-corrected chi connectivity index (χ4v) is 3.23. The number of nitrogens with one attached hydrogen (secondary N) is 1. The van der Waals surface area contributed by atoms with Gasteiger partial charge < -0.3 is 10.1 Å². The van der Waals surface area contributed by atoms with Crippen LogP contribution in [-0.2, 0) is 11.2 Å². The second kappa shape index (κ2) is 6.41. The Labute approximate surface area is 136 Å². The molecule has 1 aliphatic carbocycles. The quantitative estimate of drug-likeness (QED) is 0.868. The minimum absolute atomic E-state index is 0.228. The van der Waals surface area contributed by atoms with Crippen molar-refractivity contribution in [2.45, 2.75) is 44.8 Å². The van der Waals surface area contributed by atoms with Gasteiger partial charge in [-0.3, -0.25) is 4.90 Å². The molecular weight excluding hydrogens is 292 g/mol. The van der Waals surface area contributed by atoms with Crippen LogP contribution in [-0.4, -0.2) is 62.9 Å². The zero-order chi connectivity index (χ0) is 15.6. The van der Waals surface area contributed by atoms with Gasteiger partial charge in [-0.25, -0.2) is 4.98 Å². The van der Waals surface area contributed by atoms with E-state index in [1.165, 1.54) is 12.8 Å². The molecule has 1 atom stereocenters. The Bertz CT molecular complexity index is 668. The highest BCUT2D eigenvalue weighted by molar-refractivity contribution is 5.45. The van der Waals surface area contributed by atoms with Crippen molar-refractivity contribution in [2.24, 2.45) is 0 Å². The summed E-state index contributed by atoms with van der Waals surface area (Å²) >= 11 is 0. The highest BCUT2D eigenvalue weighted by atomic mass is 16.5. The Balaban J connectivity index is 1.45. The van der Waals surface area contributed by atoms with Crippen LogP contribution in [0.5, 0.6) is 0 Å². The first kappa shape index (κ1) is 14.8. The Morgan fingerprint density at radius 2 is 2.30 bits per heavy atom. The number of morpholine rings is 1. The summed E-state index contributed by atoms with van der Waals surface area (Å²) in [6, 6.07) is 2.88. The molecule has 124 valence electrons. The van der Waals surface area contributed by atoms with Crippen LogP contribution in [0.15, 0.2) is 12.4 Å². The zero-order valence-corrected chi connectivity index (χ0v) is 13.6. The maximum atomic E-state index is 5.91. The Morgan fingerprint density at radius 3 is 3.13 bits per heavy atom. The van der Waals surface area contributed by atoms with Crippen LogP contribution in [0.3, 0.4) is 0 Å². The molecule has 2 aliphatic rings. The first-order valence-corrected chi connectivity index (χ1v) is 8.62. The van der Waals surface area contributed by atoms with Gasteiger partial charge in [-0.1, -0.05) is 13.3 Å². The molecule has 2 aromatic rings. The average molecular weight is 316 g/mol. The number of fused-ring (bicyclic) bond motifs is 1. The Morgan fingerprint density at radius 1 is 1.39 bits per heavy atom. The van der Waals surface area contributed by atoms with E-state index < -0.39 is 0 Å². The molecular formula is C16H24N6O. The number of nitrogens with zero attached hydrogens (tertiary/aromatic N) is 5. The van der Waals surface area contributed by atoms with Crippen molar-refractivity contribution in [2.75, 3.05) is 31.6 Å². The lowest BCUT2D eigenvalue weighted by atomic mass is 10.2. The van der Waals surface area contributed by atoms with Crippen LogP contribution >= 0.6 is 0 Å². The molecule has 2 fully saturated rings. The predicted molar refractivity (Wildman–Crippen MR) is 87.6 cm³/mol. The maximum absolute atomic E-state index is 5.91. The molecule has 2 aromatic heterocycles. The van der Waals surface area contributed by atoms with Crippen LogP contribution in [0.1, 0.15) is 31.9 Å². The topological polar surface area (TPSA) is 67.6 Å². The lowest BCUT2D eigenvalue weighted by Gasteiger charge is -2.33. The van der Waals surface area contributed by atoms with Crippen LogP contribution < -0.4 is 5.32 Å². The Hall–Kier alpha value is -1.73. The van der Waals surface area contributed by atoms with E-state index in [4.69, 9.17) is 4.74 Å². The highest BCUT2D eigenvalue weighted by Crippen LogP contribution is 2.28. The summed E-state index contributed by atoms with van der Waals surface area (Å²) in [5, 5.41) is 7.76. The monoisotopic (exact) mass is 316 g/mol. The summed E-state index contributed by atoms with van der Waals surface area (Å²) < 4.78 is 7.68. The standard InChI is InChI=1S/C16H24N6O/c1-2-3-12-8-15(22-16(20-12)18-11-19-22)17-9-14-10-21(6-7-23-14)13-4-5-13/h8,11,13-14,17H,2-7,9-10H2,1H3/t14-/m0/s1. The van der Waals surface area contributed by atoms with E-state index >= 15 is 0 Å². The fourth-order valence-electron chi connectivity index (χ4n) is 3.23. The van der Waals surface area contributed by atoms with E-state index in [2.05, 4.69) is 38.3 Å². The lowest BCUT2D eigenvalue weighted by Crippen LogP contribution is -2.46. The first-order valence-electron chi connectivity index (χ1n) is 8.62. The average Bonchev–Trinajstić information content (AvgIpc) is 3.31. The smallest absolute Gasteiger partial charge is 0.254 e. The lowest BCUT2D eigenvalue weighted by molar-refractivity contribution is -0.0241. The van der Waals surface area contributed by atoms with E-state index in [0.717, 1.165) is 56.6 Å². The van der Waals surface area contributed by atoms with Crippen molar-refractivity contribution in [1.82, 2.24) is 24.5 Å². The molecule has 4 rings (SSSR count). The summed E-state index contributed by atoms with van der Waals surface area (Å²) in [7, 11) is 0. The molecule has 1 saturated heterocycles. The van der Waals surface area contributed by atoms with Gasteiger partial charge in [0.15, 0.2) is 0 Å². The maximum Gasteiger partial charge on any atom is 0.254 e. The zero-order valence-electron chi connectivity index (χ0n) is 13.6. The number of ether oxygens (including phenoxy) is 1. The van der Waals surface area contributed by atoms with E-state index in [1.54, 1.807) is 10.8 Å². The van der Waals surface area contributed by atoms with Crippen molar-refractivity contribution < 1.29 is 4.74 Å². The number of hydrogen-bond acceptors (Lipinski definition) is 6. The molecule has 1 saturated carbocycles. The van der Waals surface area contributed by atoms with E-state index in [9.17, 15) is 0 Å². The largest absolute Gasteiger partial charge is 0.374 e. The summed E-state index contributed by atoms with van der Waals surface area (Å²) in [6.45, 7) is 5.87. The van der Waals surface area contributed by atoms with Crippen molar-refractivity contribution in [3.63, 3.8) is 0 Å². The molecule has 23 heavy (non-hydrogen) atoms. The Kier molecular flexibility index (Phi) is 4.13. The van der Waals surface area contributed by atoms with Gasteiger partial charge in [-0.2, -0.15) is 14.6 Å². The number of anilines is 1. The minimum Gasteiger partial charge on any atom is -0.374 e. The van der Waals surface area contributed by atoms with Crippen molar-refractivity contribution in [3.8, 4) is 0 Å². The first-order chi connectivity index (χ1) is 11.3. The molecule has 3 heterocycles. The number of aromatic nitrogens is 4. The van der Waals surface area contributed by atoms with Crippen molar-refractivity contribution in [1.29, 1.82) is 0 Å². The summed E-state index contributed by atoms with van der Waals surface area (Å²) in [4.78, 5) is 11.3.